The fourth-order valence-electron chi connectivity index (χ4n) is 2.70. The fraction of sp³-hybridized carbons (Fsp3) is 0.364. The van der Waals surface area contributed by atoms with Crippen molar-refractivity contribution in [2.45, 2.75) is 51.5 Å². The smallest absolute Gasteiger partial charge is 0.261 e. The molecule has 3 N–H and O–H groups in total. The maximum Gasteiger partial charge on any atom is 0.261 e. The molecule has 0 fully saturated rings. The van der Waals surface area contributed by atoms with E-state index in [1.54, 1.807) is 12.1 Å². The number of anilines is 1. The molecular weight excluding hydrogens is 438 g/mol. The van der Waals surface area contributed by atoms with E-state index in [2.05, 4.69) is 15.4 Å². The van der Waals surface area contributed by atoms with Crippen molar-refractivity contribution >= 4 is 39.1 Å². The summed E-state index contributed by atoms with van der Waals surface area (Å²) in [6.45, 7) is 7.79. The van der Waals surface area contributed by atoms with Gasteiger partial charge in [0.2, 0.25) is 5.91 Å². The van der Waals surface area contributed by atoms with Gasteiger partial charge in [-0.3, -0.25) is 14.3 Å². The molecule has 2 aromatic rings. The monoisotopic (exact) mass is 465 g/mol. The highest BCUT2D eigenvalue weighted by Gasteiger charge is 2.19. The lowest BCUT2D eigenvalue weighted by atomic mass is 10.1. The number of carbonyl (C=O) groups excluding carboxylic acids is 2. The van der Waals surface area contributed by atoms with Crippen molar-refractivity contribution in [2.24, 2.45) is 0 Å². The van der Waals surface area contributed by atoms with Crippen molar-refractivity contribution in [1.82, 2.24) is 10.6 Å². The highest BCUT2D eigenvalue weighted by atomic mass is 35.5. The SMILES string of the molecule is CCC(C)NC(=O)CCNC(=O)c1cc(S(=O)(=O)Nc2ccc(C)c(C)c2)ccc1Cl. The van der Waals surface area contributed by atoms with Gasteiger partial charge in [-0.2, -0.15) is 0 Å². The van der Waals surface area contributed by atoms with Crippen LogP contribution in [0, 0.1) is 13.8 Å². The molecule has 0 aliphatic rings. The third-order valence-corrected chi connectivity index (χ3v) is 6.62. The third-order valence-electron chi connectivity index (χ3n) is 4.91. The molecule has 0 aliphatic heterocycles. The van der Waals surface area contributed by atoms with E-state index in [-0.39, 0.29) is 40.4 Å². The number of amides is 2. The van der Waals surface area contributed by atoms with E-state index in [1.165, 1.54) is 18.2 Å². The maximum atomic E-state index is 12.8. The molecule has 168 valence electrons. The van der Waals surface area contributed by atoms with Crippen LogP contribution in [0.2, 0.25) is 5.02 Å². The quantitative estimate of drug-likeness (QED) is 0.524. The van der Waals surface area contributed by atoms with E-state index in [1.807, 2.05) is 33.8 Å². The van der Waals surface area contributed by atoms with Crippen LogP contribution >= 0.6 is 11.6 Å². The van der Waals surface area contributed by atoms with Gasteiger partial charge in [0.05, 0.1) is 15.5 Å². The van der Waals surface area contributed by atoms with E-state index >= 15 is 0 Å². The van der Waals surface area contributed by atoms with Crippen LogP contribution < -0.4 is 15.4 Å². The molecule has 0 spiro atoms. The van der Waals surface area contributed by atoms with Crippen LogP contribution in [0.1, 0.15) is 48.2 Å². The van der Waals surface area contributed by atoms with Gasteiger partial charge in [0.25, 0.3) is 15.9 Å². The highest BCUT2D eigenvalue weighted by molar-refractivity contribution is 7.92. The highest BCUT2D eigenvalue weighted by Crippen LogP contribution is 2.23. The van der Waals surface area contributed by atoms with Gasteiger partial charge in [-0.05, 0) is 68.7 Å². The van der Waals surface area contributed by atoms with Crippen LogP contribution in [-0.4, -0.2) is 32.8 Å². The summed E-state index contributed by atoms with van der Waals surface area (Å²) in [5.74, 6) is -0.723. The number of aryl methyl sites for hydroxylation is 2. The summed E-state index contributed by atoms with van der Waals surface area (Å²) in [4.78, 5) is 24.2. The van der Waals surface area contributed by atoms with Gasteiger partial charge in [-0.25, -0.2) is 8.42 Å². The largest absolute Gasteiger partial charge is 0.354 e. The zero-order chi connectivity index (χ0) is 23.2. The van der Waals surface area contributed by atoms with Gasteiger partial charge in [0, 0.05) is 24.7 Å². The molecule has 0 heterocycles. The van der Waals surface area contributed by atoms with E-state index in [0.717, 1.165) is 17.5 Å². The minimum Gasteiger partial charge on any atom is -0.354 e. The van der Waals surface area contributed by atoms with Crippen molar-refractivity contribution in [2.75, 3.05) is 11.3 Å². The molecule has 1 unspecified atom stereocenters. The fourth-order valence-corrected chi connectivity index (χ4v) is 3.98. The summed E-state index contributed by atoms with van der Waals surface area (Å²) in [7, 11) is -3.92. The summed E-state index contributed by atoms with van der Waals surface area (Å²) in [6.07, 6.45) is 0.922. The van der Waals surface area contributed by atoms with Gasteiger partial charge in [-0.1, -0.05) is 24.6 Å². The van der Waals surface area contributed by atoms with Crippen LogP contribution in [0.5, 0.6) is 0 Å². The molecule has 1 atom stereocenters. The van der Waals surface area contributed by atoms with E-state index in [4.69, 9.17) is 11.6 Å². The zero-order valence-electron chi connectivity index (χ0n) is 18.1. The molecule has 0 saturated carbocycles. The first-order chi connectivity index (χ1) is 14.5. The molecule has 2 amide bonds. The Hall–Kier alpha value is -2.58. The molecule has 0 bridgehead atoms. The van der Waals surface area contributed by atoms with Crippen LogP contribution in [0.3, 0.4) is 0 Å². The Bertz CT molecular complexity index is 1070. The Morgan fingerprint density at radius 3 is 2.42 bits per heavy atom. The predicted octanol–water partition coefficient (Wildman–Crippen LogP) is 3.79. The summed E-state index contributed by atoms with van der Waals surface area (Å²) in [5.41, 5.74) is 2.45. The normalized spacial score (nSPS) is 12.2. The number of nitrogens with one attached hydrogen (secondary N) is 3. The zero-order valence-corrected chi connectivity index (χ0v) is 19.7. The first-order valence-electron chi connectivity index (χ1n) is 10.0. The number of hydrogen-bond acceptors (Lipinski definition) is 4. The van der Waals surface area contributed by atoms with Gasteiger partial charge in [-0.15, -0.1) is 0 Å². The van der Waals surface area contributed by atoms with Crippen LogP contribution in [0.4, 0.5) is 5.69 Å². The topological polar surface area (TPSA) is 104 Å². The summed E-state index contributed by atoms with van der Waals surface area (Å²) in [6, 6.07) is 9.22. The first kappa shape index (κ1) is 24.7. The van der Waals surface area contributed by atoms with E-state index < -0.39 is 15.9 Å². The molecule has 2 rings (SSSR count). The molecular formula is C22H28ClN3O4S. The molecule has 0 aromatic heterocycles. The number of benzene rings is 2. The van der Waals surface area contributed by atoms with Crippen molar-refractivity contribution in [1.29, 1.82) is 0 Å². The Morgan fingerprint density at radius 2 is 1.77 bits per heavy atom. The predicted molar refractivity (Wildman–Crippen MR) is 123 cm³/mol. The van der Waals surface area contributed by atoms with E-state index in [9.17, 15) is 18.0 Å². The first-order valence-corrected chi connectivity index (χ1v) is 11.9. The van der Waals surface area contributed by atoms with Crippen molar-refractivity contribution in [3.8, 4) is 0 Å². The van der Waals surface area contributed by atoms with Crippen molar-refractivity contribution in [3.63, 3.8) is 0 Å². The standard InChI is InChI=1S/C22H28ClN3O4S/c1-5-16(4)25-21(27)10-11-24-22(28)19-13-18(8-9-20(19)23)31(29,30)26-17-7-6-14(2)15(3)12-17/h6-9,12-13,16,26H,5,10-11H2,1-4H3,(H,24,28)(H,25,27). The van der Waals surface area contributed by atoms with Gasteiger partial charge >= 0.3 is 0 Å². The lowest BCUT2D eigenvalue weighted by Crippen LogP contribution is -2.35. The Balaban J connectivity index is 2.10. The van der Waals surface area contributed by atoms with Crippen LogP contribution in [0.25, 0.3) is 0 Å². The number of hydrogen-bond donors (Lipinski definition) is 3. The average molecular weight is 466 g/mol. The molecule has 0 radical (unpaired) electrons. The third kappa shape index (κ3) is 6.97. The van der Waals surface area contributed by atoms with Crippen LogP contribution in [0.15, 0.2) is 41.3 Å². The lowest BCUT2D eigenvalue weighted by molar-refractivity contribution is -0.121. The van der Waals surface area contributed by atoms with Crippen molar-refractivity contribution < 1.29 is 18.0 Å². The van der Waals surface area contributed by atoms with E-state index in [0.29, 0.717) is 5.69 Å². The second kappa shape index (κ2) is 10.6. The second-order valence-corrected chi connectivity index (χ2v) is 9.52. The molecule has 2 aromatic carbocycles. The Morgan fingerprint density at radius 1 is 1.06 bits per heavy atom. The number of halogens is 1. The lowest BCUT2D eigenvalue weighted by Gasteiger charge is -2.13. The number of rotatable bonds is 9. The number of sulfonamides is 1. The molecule has 7 nitrogen and oxygen atoms in total. The minimum absolute atomic E-state index is 0.0203. The molecule has 31 heavy (non-hydrogen) atoms. The maximum absolute atomic E-state index is 12.8. The average Bonchev–Trinajstić information content (AvgIpc) is 2.70. The Labute approximate surface area is 188 Å². The van der Waals surface area contributed by atoms with Crippen molar-refractivity contribution in [3.05, 3.63) is 58.1 Å². The summed E-state index contributed by atoms with van der Waals surface area (Å²) >= 11 is 6.11. The van der Waals surface area contributed by atoms with Gasteiger partial charge in [0.15, 0.2) is 0 Å². The molecule has 0 saturated heterocycles. The van der Waals surface area contributed by atoms with Gasteiger partial charge in [0.1, 0.15) is 0 Å². The molecule has 0 aliphatic carbocycles. The summed E-state index contributed by atoms with van der Waals surface area (Å²) < 4.78 is 28.1. The van der Waals surface area contributed by atoms with Gasteiger partial charge < -0.3 is 10.6 Å². The second-order valence-electron chi connectivity index (χ2n) is 7.43. The summed E-state index contributed by atoms with van der Waals surface area (Å²) in [5, 5.41) is 5.53. The minimum atomic E-state index is -3.92. The Kier molecular flexibility index (Phi) is 8.47. The number of carbonyl (C=O) groups is 2. The van der Waals surface area contributed by atoms with Crippen LogP contribution in [-0.2, 0) is 14.8 Å². The molecule has 9 heteroatoms.